The molecule has 644 valence electrons. The number of hydrazine groups is 1. The Hall–Kier alpha value is -7.56. The molecule has 0 aliphatic heterocycles. The van der Waals surface area contributed by atoms with Gasteiger partial charge in [0.2, 0.25) is 11.7 Å². The molecule has 9 amide bonds. The molecule has 0 unspecified atom stereocenters. The molecule has 0 radical (unpaired) electrons. The van der Waals surface area contributed by atoms with Crippen LogP contribution in [0.4, 0.5) is 14.0 Å². The third-order valence-electron chi connectivity index (χ3n) is 16.0. The average molecular weight is 1580 g/mol. The fourth-order valence-corrected chi connectivity index (χ4v) is 14.4. The van der Waals surface area contributed by atoms with Crippen molar-refractivity contribution in [2.75, 3.05) is 27.7 Å². The number of benzene rings is 2. The number of rotatable bonds is 7. The number of amides is 9. The lowest BCUT2D eigenvalue weighted by molar-refractivity contribution is -0.131. The maximum Gasteiger partial charge on any atom is 0.320 e. The number of aromatic nitrogens is 3. The topological polar surface area (TPSA) is 223 Å². The second kappa shape index (κ2) is 40.6. The lowest BCUT2D eigenvalue weighted by Gasteiger charge is -2.46. The van der Waals surface area contributed by atoms with Crippen LogP contribution < -0.4 is 15.5 Å². The van der Waals surface area contributed by atoms with Crippen molar-refractivity contribution in [3.63, 3.8) is 0 Å². The van der Waals surface area contributed by atoms with Crippen molar-refractivity contribution in [3.8, 4) is 5.75 Å². The van der Waals surface area contributed by atoms with Gasteiger partial charge in [-0.05, 0) is 359 Å². The predicted molar refractivity (Wildman–Crippen MR) is 463 cm³/mol. The summed E-state index contributed by atoms with van der Waals surface area (Å²) < 4.78 is 24.7. The monoisotopic (exact) mass is 1580 g/mol. The minimum absolute atomic E-state index is 0.00694. The molecule has 0 aliphatic carbocycles. The third kappa shape index (κ3) is 37.2. The van der Waals surface area contributed by atoms with Crippen LogP contribution in [0.3, 0.4) is 0 Å². The van der Waals surface area contributed by atoms with Gasteiger partial charge in [0.25, 0.3) is 23.6 Å². The van der Waals surface area contributed by atoms with Gasteiger partial charge in [0.05, 0.1) is 13.3 Å². The van der Waals surface area contributed by atoms with Crippen LogP contribution in [0.15, 0.2) is 71.4 Å². The molecule has 2 aromatic carbocycles. The molecule has 0 aliphatic rings. The number of urea groups is 2. The summed E-state index contributed by atoms with van der Waals surface area (Å²) in [5.41, 5.74) is 2.78. The number of hydrogen-bond donors (Lipinski definition) is 2. The van der Waals surface area contributed by atoms with Gasteiger partial charge in [-0.3, -0.25) is 34.1 Å². The highest BCUT2D eigenvalue weighted by Gasteiger charge is 2.42. The summed E-state index contributed by atoms with van der Waals surface area (Å²) in [5.74, 6) is 0.516. The molecule has 23 heteroatoms. The van der Waals surface area contributed by atoms with Crippen LogP contribution in [0, 0.1) is 12.7 Å². The number of aryl methyl sites for hydroxylation is 2. The molecule has 0 bridgehead atoms. The molecule has 4 rings (SSSR count). The average Bonchev–Trinajstić information content (AvgIpc) is 1.22. The van der Waals surface area contributed by atoms with Crippen molar-refractivity contribution >= 4 is 41.6 Å². The van der Waals surface area contributed by atoms with Gasteiger partial charge in [-0.1, -0.05) is 5.16 Å². The van der Waals surface area contributed by atoms with E-state index in [1.807, 2.05) is 247 Å². The second-order valence-electron chi connectivity index (χ2n) is 42.5. The predicted octanol–water partition coefficient (Wildman–Crippen LogP) is 20.2. The smallest absolute Gasteiger partial charge is 0.320 e. The number of carbonyl (C=O) groups excluding carboxylic acids is 7. The van der Waals surface area contributed by atoms with Gasteiger partial charge in [-0.2, -0.15) is 5.10 Å². The summed E-state index contributed by atoms with van der Waals surface area (Å²) in [6.07, 6.45) is 1.48. The van der Waals surface area contributed by atoms with Gasteiger partial charge in [0.1, 0.15) is 11.6 Å². The van der Waals surface area contributed by atoms with Gasteiger partial charge in [-0.15, -0.1) is 0 Å². The molecule has 0 fully saturated rings. The third-order valence-corrected chi connectivity index (χ3v) is 16.0. The van der Waals surface area contributed by atoms with E-state index < -0.39 is 0 Å². The van der Waals surface area contributed by atoms with Gasteiger partial charge in [-0.25, -0.2) is 19.0 Å². The number of nitrogens with zero attached hydrogens (tertiary/aromatic N) is 11. The minimum Gasteiger partial charge on any atom is -0.497 e. The van der Waals surface area contributed by atoms with Gasteiger partial charge in [0, 0.05) is 135 Å². The Balaban J connectivity index is -0.00000124. The Morgan fingerprint density at radius 2 is 0.723 bits per heavy atom. The van der Waals surface area contributed by atoms with Crippen molar-refractivity contribution in [1.82, 2.24) is 65.0 Å². The van der Waals surface area contributed by atoms with E-state index in [1.165, 1.54) is 37.4 Å². The van der Waals surface area contributed by atoms with Gasteiger partial charge >= 0.3 is 12.1 Å². The zero-order valence-electron chi connectivity index (χ0n) is 80.0. The molecule has 4 aromatic rings. The zero-order valence-corrected chi connectivity index (χ0v) is 80.0. The number of hydrogen-bond acceptors (Lipinski definition) is 12. The van der Waals surface area contributed by atoms with Crippen LogP contribution in [-0.4, -0.2) is 201 Å². The summed E-state index contributed by atoms with van der Waals surface area (Å²) in [5, 5.41) is 12.7. The van der Waals surface area contributed by atoms with E-state index in [2.05, 4.69) is 146 Å². The van der Waals surface area contributed by atoms with Crippen LogP contribution in [0.1, 0.15) is 352 Å². The van der Waals surface area contributed by atoms with Crippen molar-refractivity contribution < 1.29 is 47.2 Å². The zero-order chi connectivity index (χ0) is 90.0. The number of carbonyl (C=O) groups is 7. The van der Waals surface area contributed by atoms with Crippen LogP contribution in [0.5, 0.6) is 5.75 Å². The van der Waals surface area contributed by atoms with E-state index in [4.69, 9.17) is 9.26 Å². The maximum absolute atomic E-state index is 12.9. The summed E-state index contributed by atoms with van der Waals surface area (Å²) in [7, 11) is 7.04. The first-order valence-electron chi connectivity index (χ1n) is 39.2. The first-order chi connectivity index (χ1) is 49.3. The van der Waals surface area contributed by atoms with E-state index >= 15 is 0 Å². The number of methoxy groups -OCH3 is 1. The Kier molecular flexibility index (Phi) is 39.4. The first kappa shape index (κ1) is 109. The second-order valence-corrected chi connectivity index (χ2v) is 42.5. The van der Waals surface area contributed by atoms with Crippen LogP contribution in [-0.2, 0) is 11.8 Å². The van der Waals surface area contributed by atoms with Crippen LogP contribution in [0.2, 0.25) is 0 Å². The molecule has 2 N–H and O–H groups in total. The molecule has 0 spiro atoms. The van der Waals surface area contributed by atoms with Crippen molar-refractivity contribution in [1.29, 1.82) is 0 Å². The van der Waals surface area contributed by atoms with Crippen molar-refractivity contribution in [2.24, 2.45) is 7.05 Å². The quantitative estimate of drug-likeness (QED) is 0.165. The van der Waals surface area contributed by atoms with E-state index in [1.54, 1.807) is 41.8 Å². The first-order valence-corrected chi connectivity index (χ1v) is 39.2. The SMILES string of the molecule is CC(=O)NN(C(C)(C)C)C(C)(C)C.CC(C)(C)N(C(=O)c1ccc(F)cc1)C(C)(C)C.CC(C)(C)N(C(=O)c1ccno1)C(C)(C)C.CCNC(=O)N(C(C)(C)C)C(C)(C)C.CN(C)C(=O)N(C(C)(C)C)C(C)(C)C.COc1ccc(C(=O)N(C(C)(C)C)C(C)(C)C)cc1.Cc1cc(C(=O)N(C(C)(C)C)C(C)(C)C)nn1C. The van der Waals surface area contributed by atoms with E-state index in [0.29, 0.717) is 23.4 Å². The van der Waals surface area contributed by atoms with E-state index in [0.717, 1.165) is 11.4 Å². The molecule has 0 atom stereocenters. The lowest BCUT2D eigenvalue weighted by atomic mass is 9.94. The minimum atomic E-state index is -0.329. The van der Waals surface area contributed by atoms with Crippen LogP contribution in [0.25, 0.3) is 0 Å². The molecule has 22 nitrogen and oxygen atoms in total. The normalized spacial score (nSPS) is 12.6. The summed E-state index contributed by atoms with van der Waals surface area (Å²) >= 11 is 0. The maximum atomic E-state index is 12.9. The standard InChI is InChI=1S/C16H25NO2.C15H22FNO.C14H25N3O.C12H20N2O2.2C11H24N2O.C10H22N2O/c1-15(2,3)17(16(4,5)6)14(18)12-8-10-13(19-7)11-9-12;1-14(2,3)17(15(4,5)6)13(18)11-7-9-12(16)10-8-11;1-10-9-11(15-16(10)8)12(18)17(13(2,3)4)14(5,6)7;1-11(2,3)14(12(4,5)6)10(15)9-7-8-13-16-9;1-10(2,3)13(11(4,5)6)9(14)12(7)8;1-8-12-9(14)13(10(2,3)4)11(5,6)7;1-8(13)11-12(9(2,3)4)10(5,6)7/h8-11H,1-7H3;7-10H,1-6H3;9H,1-8H3;7-8H,1-6H3;1-8H3;8H2,1-7H3,(H,12,14);1-7H3,(H,11,13). The largest absolute Gasteiger partial charge is 0.497 e. The Morgan fingerprint density at radius 1 is 0.429 bits per heavy atom. The Bertz CT molecular complexity index is 3440. The van der Waals surface area contributed by atoms with Crippen molar-refractivity contribution in [3.05, 3.63) is 101 Å². The molecule has 2 heterocycles. The van der Waals surface area contributed by atoms with Gasteiger partial charge < -0.3 is 48.9 Å². The molecular weight excluding hydrogens is 1410 g/mol. The highest BCUT2D eigenvalue weighted by Crippen LogP contribution is 2.33. The van der Waals surface area contributed by atoms with E-state index in [9.17, 15) is 38.0 Å². The summed E-state index contributed by atoms with van der Waals surface area (Å²) in [6.45, 7) is 91.8. The lowest BCUT2D eigenvalue weighted by Crippen LogP contribution is -2.60. The highest BCUT2D eigenvalue weighted by atomic mass is 19.1. The molecule has 0 saturated heterocycles. The molecule has 0 saturated carbocycles. The summed E-state index contributed by atoms with van der Waals surface area (Å²) in [4.78, 5) is 97.9. The number of halogens is 1. The number of ether oxygens (including phenoxy) is 1. The highest BCUT2D eigenvalue weighted by molar-refractivity contribution is 5.96. The number of nitrogens with one attached hydrogen (secondary N) is 2. The molecular formula is C89H162FN13O9. The Morgan fingerprint density at radius 3 is 0.938 bits per heavy atom. The molecule has 2 aromatic heterocycles. The fourth-order valence-electron chi connectivity index (χ4n) is 14.4. The summed E-state index contributed by atoms with van der Waals surface area (Å²) in [6, 6.07) is 16.4. The fraction of sp³-hybridized carbons (Fsp3) is 0.719. The van der Waals surface area contributed by atoms with Gasteiger partial charge in [0.15, 0.2) is 5.69 Å². The molecule has 112 heavy (non-hydrogen) atoms. The van der Waals surface area contributed by atoms with E-state index in [-0.39, 0.29) is 131 Å². The Labute approximate surface area is 681 Å². The van der Waals surface area contributed by atoms with Crippen LogP contribution >= 0.6 is 0 Å². The van der Waals surface area contributed by atoms with Crippen molar-refractivity contribution in [2.45, 2.75) is 389 Å².